The summed E-state index contributed by atoms with van der Waals surface area (Å²) >= 11 is 0. The fraction of sp³-hybridized carbons (Fsp3) is 0.619. The lowest BCUT2D eigenvalue weighted by Crippen LogP contribution is -2.34. The normalized spacial score (nSPS) is 26.6. The van der Waals surface area contributed by atoms with Gasteiger partial charge < -0.3 is 20.1 Å². The lowest BCUT2D eigenvalue weighted by atomic mass is 9.96. The van der Waals surface area contributed by atoms with E-state index >= 15 is 0 Å². The van der Waals surface area contributed by atoms with Crippen molar-refractivity contribution in [1.82, 2.24) is 25.3 Å². The quantitative estimate of drug-likeness (QED) is 0.620. The predicted molar refractivity (Wildman–Crippen MR) is 113 cm³/mol. The van der Waals surface area contributed by atoms with Crippen molar-refractivity contribution >= 4 is 17.8 Å². The zero-order valence-electron chi connectivity index (χ0n) is 18.5. The van der Waals surface area contributed by atoms with Crippen LogP contribution in [0.5, 0.6) is 0 Å². The Morgan fingerprint density at radius 1 is 1.32 bits per heavy atom. The van der Waals surface area contributed by atoms with Crippen molar-refractivity contribution in [2.45, 2.75) is 51.9 Å². The molecule has 0 bridgehead atoms. The van der Waals surface area contributed by atoms with Gasteiger partial charge in [0.05, 0.1) is 12.3 Å². The smallest absolute Gasteiger partial charge is 0.407 e. The number of hydrogen-bond acceptors (Lipinski definition) is 6. The van der Waals surface area contributed by atoms with E-state index in [1.807, 2.05) is 19.9 Å². The molecule has 2 aromatic rings. The van der Waals surface area contributed by atoms with E-state index in [2.05, 4.69) is 32.9 Å². The number of carbonyl (C=O) groups excluding carboxylic acids is 2. The van der Waals surface area contributed by atoms with E-state index in [1.54, 1.807) is 20.2 Å². The summed E-state index contributed by atoms with van der Waals surface area (Å²) in [6.07, 6.45) is 0.293. The Morgan fingerprint density at radius 2 is 2.10 bits per heavy atom. The first-order valence-electron chi connectivity index (χ1n) is 10.6. The van der Waals surface area contributed by atoms with Crippen molar-refractivity contribution in [1.29, 1.82) is 0 Å². The molecule has 4 rings (SSSR count). The molecule has 5 atom stereocenters. The second kappa shape index (κ2) is 8.33. The molecule has 0 saturated heterocycles. The minimum absolute atomic E-state index is 0.0425. The molecule has 0 unspecified atom stereocenters. The first kappa shape index (κ1) is 21.4. The van der Waals surface area contributed by atoms with Crippen LogP contribution in [0.25, 0.3) is 0 Å². The van der Waals surface area contributed by atoms with E-state index in [4.69, 9.17) is 9.47 Å². The molecular weight excluding hydrogens is 400 g/mol. The number of anilines is 1. The van der Waals surface area contributed by atoms with Crippen LogP contribution in [0.15, 0.2) is 12.1 Å². The minimum atomic E-state index is -0.361. The Hall–Kier alpha value is -2.88. The number of rotatable bonds is 7. The van der Waals surface area contributed by atoms with Crippen LogP contribution in [0.1, 0.15) is 55.0 Å². The molecule has 2 aliphatic rings. The van der Waals surface area contributed by atoms with Crippen LogP contribution in [-0.2, 0) is 23.1 Å². The first-order chi connectivity index (χ1) is 14.8. The summed E-state index contributed by atoms with van der Waals surface area (Å²) in [5.41, 5.74) is 2.07. The Bertz CT molecular complexity index is 967. The highest BCUT2D eigenvalue weighted by atomic mass is 16.6. The molecule has 31 heavy (non-hydrogen) atoms. The molecule has 0 aliphatic heterocycles. The number of nitrogens with one attached hydrogen (secondary N) is 3. The van der Waals surface area contributed by atoms with Gasteiger partial charge in [-0.15, -0.1) is 0 Å². The number of aromatic nitrogens is 4. The minimum Gasteiger partial charge on any atom is -0.446 e. The topological polar surface area (TPSA) is 123 Å². The van der Waals surface area contributed by atoms with Gasteiger partial charge >= 0.3 is 6.09 Å². The van der Waals surface area contributed by atoms with E-state index < -0.39 is 0 Å². The fourth-order valence-electron chi connectivity index (χ4n) is 4.91. The van der Waals surface area contributed by atoms with Gasteiger partial charge in [-0.05, 0) is 38.2 Å². The first-order valence-corrected chi connectivity index (χ1v) is 10.6. The third-order valence-electron chi connectivity index (χ3n) is 6.26. The highest BCUT2D eigenvalue weighted by molar-refractivity contribution is 6.02. The molecule has 2 fully saturated rings. The van der Waals surface area contributed by atoms with E-state index in [1.165, 1.54) is 4.68 Å². The molecule has 2 heterocycles. The maximum atomic E-state index is 12.6. The van der Waals surface area contributed by atoms with Crippen LogP contribution in [-0.4, -0.2) is 51.2 Å². The van der Waals surface area contributed by atoms with Gasteiger partial charge in [0.1, 0.15) is 11.8 Å². The third kappa shape index (κ3) is 4.30. The average Bonchev–Trinajstić information content (AvgIpc) is 3.06. The van der Waals surface area contributed by atoms with E-state index in [-0.39, 0.29) is 30.1 Å². The van der Waals surface area contributed by atoms with Gasteiger partial charge in [0.2, 0.25) is 0 Å². The van der Waals surface area contributed by atoms with Crippen molar-refractivity contribution in [3.05, 3.63) is 29.2 Å². The number of hydrogen-bond donors (Lipinski definition) is 3. The molecule has 2 saturated carbocycles. The van der Waals surface area contributed by atoms with E-state index in [0.29, 0.717) is 41.6 Å². The second-order valence-corrected chi connectivity index (χ2v) is 8.84. The summed E-state index contributed by atoms with van der Waals surface area (Å²) in [6, 6.07) is 3.61. The maximum Gasteiger partial charge on any atom is 0.407 e. The molecule has 0 radical (unpaired) electrons. The van der Waals surface area contributed by atoms with Crippen molar-refractivity contribution in [2.75, 3.05) is 12.4 Å². The number of carbonyl (C=O) groups is 2. The second-order valence-electron chi connectivity index (χ2n) is 8.84. The van der Waals surface area contributed by atoms with Gasteiger partial charge in [-0.1, -0.05) is 6.92 Å². The number of methoxy groups -OCH3 is 1. The molecule has 0 aromatic carbocycles. The zero-order valence-corrected chi connectivity index (χ0v) is 18.5. The summed E-state index contributed by atoms with van der Waals surface area (Å²) < 4.78 is 12.3. The lowest BCUT2D eigenvalue weighted by molar-refractivity contribution is 0.0823. The number of fused-ring (bicyclic) bond motifs is 1. The monoisotopic (exact) mass is 430 g/mol. The summed E-state index contributed by atoms with van der Waals surface area (Å²) in [5, 5.41) is 17.2. The molecule has 10 nitrogen and oxygen atoms in total. The van der Waals surface area contributed by atoms with Crippen molar-refractivity contribution < 1.29 is 19.1 Å². The SMILES string of the molecule is COCc1cc(C(=O)Nc2cc([C@@H]3C[C@H](OC(=O)NC(C)C)[C@@H]4[C@H](C)[C@@H]43)[nH]n2)n(C)n1. The standard InChI is InChI=1S/C21H30N6O4/c1-10(2)22-21(29)31-16-7-13(18-11(3)19(16)18)14-8-17(25-24-14)23-20(28)15-6-12(9-30-5)26-27(15)4/h6,8,10-11,13,16,18-19H,7,9H2,1-5H3,(H,22,29)(H2,23,24,25,28)/t11-,13+,16+,18-,19+/m1/s1. The summed E-state index contributed by atoms with van der Waals surface area (Å²) in [7, 11) is 3.30. The molecule has 2 amide bonds. The Labute approximate surface area is 181 Å². The lowest BCUT2D eigenvalue weighted by Gasteiger charge is -2.19. The number of ether oxygens (including phenoxy) is 2. The summed E-state index contributed by atoms with van der Waals surface area (Å²) in [6.45, 7) is 6.35. The van der Waals surface area contributed by atoms with Crippen LogP contribution in [0.3, 0.4) is 0 Å². The highest BCUT2D eigenvalue weighted by Crippen LogP contribution is 2.64. The number of aryl methyl sites for hydroxylation is 1. The Balaban J connectivity index is 1.40. The average molecular weight is 431 g/mol. The van der Waals surface area contributed by atoms with E-state index in [9.17, 15) is 9.59 Å². The van der Waals surface area contributed by atoms with Gasteiger partial charge in [0.15, 0.2) is 5.82 Å². The molecule has 168 valence electrons. The molecule has 0 spiro atoms. The van der Waals surface area contributed by atoms with Gasteiger partial charge in [-0.2, -0.15) is 10.2 Å². The van der Waals surface area contributed by atoms with Crippen molar-refractivity contribution in [3.8, 4) is 0 Å². The van der Waals surface area contributed by atoms with E-state index in [0.717, 1.165) is 12.1 Å². The van der Waals surface area contributed by atoms with Gasteiger partial charge in [0, 0.05) is 43.8 Å². The van der Waals surface area contributed by atoms with Crippen LogP contribution >= 0.6 is 0 Å². The molecular formula is C21H30N6O4. The predicted octanol–water partition coefficient (Wildman–Crippen LogP) is 2.41. The van der Waals surface area contributed by atoms with Crippen molar-refractivity contribution in [2.24, 2.45) is 24.8 Å². The van der Waals surface area contributed by atoms with Crippen LogP contribution < -0.4 is 10.6 Å². The summed E-state index contributed by atoms with van der Waals surface area (Å²) in [5.74, 6) is 1.71. The van der Waals surface area contributed by atoms with Gasteiger partial charge in [0.25, 0.3) is 5.91 Å². The van der Waals surface area contributed by atoms with Gasteiger partial charge in [-0.3, -0.25) is 14.6 Å². The van der Waals surface area contributed by atoms with Crippen LogP contribution in [0, 0.1) is 17.8 Å². The molecule has 2 aliphatic carbocycles. The van der Waals surface area contributed by atoms with Gasteiger partial charge in [-0.25, -0.2) is 4.79 Å². The Kier molecular flexibility index (Phi) is 5.74. The van der Waals surface area contributed by atoms with Crippen molar-refractivity contribution in [3.63, 3.8) is 0 Å². The number of alkyl carbamates (subject to hydrolysis) is 1. The molecule has 2 aromatic heterocycles. The number of nitrogens with zero attached hydrogens (tertiary/aromatic N) is 3. The Morgan fingerprint density at radius 3 is 2.81 bits per heavy atom. The highest BCUT2D eigenvalue weighted by Gasteiger charge is 2.62. The number of aromatic amines is 1. The number of amides is 2. The number of H-pyrrole nitrogens is 1. The van der Waals surface area contributed by atoms with Crippen LogP contribution in [0.4, 0.5) is 10.6 Å². The molecule has 10 heteroatoms. The fourth-order valence-corrected chi connectivity index (χ4v) is 4.91. The zero-order chi connectivity index (χ0) is 22.3. The third-order valence-corrected chi connectivity index (χ3v) is 6.26. The van der Waals surface area contributed by atoms with Crippen LogP contribution in [0.2, 0.25) is 0 Å². The molecule has 3 N–H and O–H groups in total. The summed E-state index contributed by atoms with van der Waals surface area (Å²) in [4.78, 5) is 24.7. The largest absolute Gasteiger partial charge is 0.446 e. The maximum absolute atomic E-state index is 12.6.